The molecule has 6 rings (SSSR count). The Morgan fingerprint density at radius 3 is 2.77 bits per heavy atom. The molecule has 3 aromatic rings. The van der Waals surface area contributed by atoms with Gasteiger partial charge in [-0.15, -0.1) is 0 Å². The predicted octanol–water partition coefficient (Wildman–Crippen LogP) is 5.32. The lowest BCUT2D eigenvalue weighted by Gasteiger charge is -2.41. The predicted molar refractivity (Wildman–Crippen MR) is 167 cm³/mol. The number of fused-ring (bicyclic) bond motifs is 2. The number of halogens is 2. The molecular weight excluding hydrogens is 585 g/mol. The number of anilines is 2. The summed E-state index contributed by atoms with van der Waals surface area (Å²) in [7, 11) is 0. The summed E-state index contributed by atoms with van der Waals surface area (Å²) in [5, 5.41) is 20.8. The molecule has 3 aliphatic heterocycles. The second-order valence-electron chi connectivity index (χ2n) is 12.0. The Bertz CT molecular complexity index is 1600. The Labute approximate surface area is 261 Å². The number of ether oxygens (including phenoxy) is 1. The van der Waals surface area contributed by atoms with Crippen molar-refractivity contribution in [1.29, 1.82) is 5.26 Å². The van der Waals surface area contributed by atoms with E-state index in [1.807, 2.05) is 18.2 Å². The minimum atomic E-state index is -1.02. The molecule has 12 heteroatoms. The first-order valence-corrected chi connectivity index (χ1v) is 15.6. The maximum atomic E-state index is 14.5. The van der Waals surface area contributed by atoms with E-state index in [0.717, 1.165) is 47.5 Å². The normalized spacial score (nSPS) is 20.7. The Morgan fingerprint density at radius 2 is 2.00 bits per heavy atom. The van der Waals surface area contributed by atoms with Crippen molar-refractivity contribution in [2.24, 2.45) is 0 Å². The molecule has 232 valence electrons. The fourth-order valence-electron chi connectivity index (χ4n) is 6.94. The van der Waals surface area contributed by atoms with E-state index in [1.54, 1.807) is 6.07 Å². The number of nitriles is 1. The van der Waals surface area contributed by atoms with Crippen LogP contribution in [0.1, 0.15) is 44.4 Å². The number of aromatic nitrogens is 2. The maximum absolute atomic E-state index is 14.5. The van der Waals surface area contributed by atoms with Gasteiger partial charge in [0.25, 0.3) is 0 Å². The number of hydrogen-bond donors (Lipinski definition) is 1. The lowest BCUT2D eigenvalue weighted by atomic mass is 10.0. The number of rotatable bonds is 7. The molecule has 10 nitrogen and oxygen atoms in total. The topological polar surface area (TPSA) is 109 Å². The molecule has 44 heavy (non-hydrogen) atoms. The van der Waals surface area contributed by atoms with E-state index in [9.17, 15) is 19.6 Å². The molecule has 0 radical (unpaired) electrons. The highest BCUT2D eigenvalue weighted by molar-refractivity contribution is 6.36. The largest absolute Gasteiger partial charge is 0.465 e. The smallest absolute Gasteiger partial charge is 0.407 e. The van der Waals surface area contributed by atoms with Gasteiger partial charge in [0.05, 0.1) is 35.8 Å². The van der Waals surface area contributed by atoms with Crippen LogP contribution in [-0.2, 0) is 13.0 Å². The summed E-state index contributed by atoms with van der Waals surface area (Å²) in [4.78, 5) is 29.7. The minimum absolute atomic E-state index is 0.0956. The van der Waals surface area contributed by atoms with Crippen molar-refractivity contribution in [3.8, 4) is 12.1 Å². The van der Waals surface area contributed by atoms with E-state index in [2.05, 4.69) is 34.6 Å². The van der Waals surface area contributed by atoms with Gasteiger partial charge in [0.1, 0.15) is 18.2 Å². The number of benzene rings is 2. The van der Waals surface area contributed by atoms with Crippen molar-refractivity contribution in [2.45, 2.75) is 64.2 Å². The second kappa shape index (κ2) is 12.6. The van der Waals surface area contributed by atoms with Crippen LogP contribution in [0.4, 0.5) is 20.7 Å². The number of carboxylic acid groups (broad SMARTS) is 1. The van der Waals surface area contributed by atoms with Gasteiger partial charge in [-0.05, 0) is 57.2 Å². The summed E-state index contributed by atoms with van der Waals surface area (Å²) in [6.07, 6.45) is 1.87. The second-order valence-corrected chi connectivity index (χ2v) is 12.4. The zero-order valence-corrected chi connectivity index (χ0v) is 25.8. The molecule has 4 heterocycles. The standard InChI is InChI=1S/C32H37ClFN7O3/c1-20(2)40-13-4-6-23(40)19-44-31-36-26-18-38(27-7-3-5-21-8-9-25(34)29(33)28(21)27)14-11-24(26)30(37-31)39-15-16-41(32(42)43)22(17-39)10-12-35/h3,5,7-9,20,22-23H,4,6,10-11,13-19H2,1-2H3,(H,42,43)/t22-,23-/m0/s1. The summed E-state index contributed by atoms with van der Waals surface area (Å²) in [5.74, 6) is 0.269. The molecule has 3 aliphatic rings. The van der Waals surface area contributed by atoms with Crippen molar-refractivity contribution in [2.75, 3.05) is 49.1 Å². The van der Waals surface area contributed by atoms with Gasteiger partial charge in [-0.25, -0.2) is 9.18 Å². The molecule has 2 aromatic carbocycles. The van der Waals surface area contributed by atoms with Crippen LogP contribution in [0.25, 0.3) is 10.8 Å². The highest BCUT2D eigenvalue weighted by atomic mass is 35.5. The van der Waals surface area contributed by atoms with E-state index in [-0.39, 0.29) is 30.0 Å². The number of carbonyl (C=O) groups is 1. The van der Waals surface area contributed by atoms with Gasteiger partial charge in [0, 0.05) is 54.9 Å². The lowest BCUT2D eigenvalue weighted by molar-refractivity contribution is 0.118. The van der Waals surface area contributed by atoms with Gasteiger partial charge in [-0.2, -0.15) is 15.2 Å². The van der Waals surface area contributed by atoms with Gasteiger partial charge < -0.3 is 24.5 Å². The Hall–Kier alpha value is -3.88. The van der Waals surface area contributed by atoms with E-state index in [4.69, 9.17) is 26.3 Å². The average Bonchev–Trinajstić information content (AvgIpc) is 3.50. The summed E-state index contributed by atoms with van der Waals surface area (Å²) in [5.41, 5.74) is 2.63. The lowest BCUT2D eigenvalue weighted by Crippen LogP contribution is -2.55. The van der Waals surface area contributed by atoms with Crippen molar-refractivity contribution in [1.82, 2.24) is 19.8 Å². The molecule has 0 spiro atoms. The number of piperazine rings is 1. The highest BCUT2D eigenvalue weighted by Crippen LogP contribution is 2.38. The zero-order chi connectivity index (χ0) is 31.0. The maximum Gasteiger partial charge on any atom is 0.407 e. The van der Waals surface area contributed by atoms with E-state index in [1.165, 1.54) is 11.0 Å². The molecular formula is C32H37ClFN7O3. The number of hydrogen-bond acceptors (Lipinski definition) is 8. The molecule has 0 bridgehead atoms. The van der Waals surface area contributed by atoms with Gasteiger partial charge >= 0.3 is 12.1 Å². The third kappa shape index (κ3) is 5.81. The average molecular weight is 622 g/mol. The van der Waals surface area contributed by atoms with Crippen molar-refractivity contribution < 1.29 is 19.0 Å². The fraction of sp³-hybridized carbons (Fsp3) is 0.500. The molecule has 2 atom stereocenters. The first-order chi connectivity index (χ1) is 21.2. The number of likely N-dealkylation sites (tertiary alicyclic amines) is 1. The van der Waals surface area contributed by atoms with Crippen molar-refractivity contribution in [3.63, 3.8) is 0 Å². The summed E-state index contributed by atoms with van der Waals surface area (Å²) in [6.45, 7) is 8.07. The highest BCUT2D eigenvalue weighted by Gasteiger charge is 2.34. The van der Waals surface area contributed by atoms with Crippen LogP contribution >= 0.6 is 11.6 Å². The van der Waals surface area contributed by atoms with Crippen molar-refractivity contribution in [3.05, 3.63) is 52.4 Å². The number of nitrogens with zero attached hydrogens (tertiary/aromatic N) is 7. The summed E-state index contributed by atoms with van der Waals surface area (Å²) < 4.78 is 20.9. The fourth-order valence-corrected chi connectivity index (χ4v) is 7.21. The molecule has 1 aromatic heterocycles. The first-order valence-electron chi connectivity index (χ1n) is 15.3. The quantitative estimate of drug-likeness (QED) is 0.375. The molecule has 0 aliphatic carbocycles. The third-order valence-corrected chi connectivity index (χ3v) is 9.49. The Kier molecular flexibility index (Phi) is 8.65. The molecule has 0 unspecified atom stereocenters. The molecule has 1 amide bonds. The van der Waals surface area contributed by atoms with Crippen LogP contribution in [0.2, 0.25) is 5.02 Å². The van der Waals surface area contributed by atoms with Crippen LogP contribution in [0.15, 0.2) is 30.3 Å². The van der Waals surface area contributed by atoms with Crippen LogP contribution in [-0.4, -0.2) is 88.4 Å². The SMILES string of the molecule is CC(C)N1CCC[C@H]1COc1nc2c(c(N3CCN(C(=O)O)[C@@H](CC#N)C3)n1)CCN(c1cccc3ccc(F)c(Cl)c13)C2. The molecule has 0 saturated carbocycles. The Morgan fingerprint density at radius 1 is 1.16 bits per heavy atom. The minimum Gasteiger partial charge on any atom is -0.465 e. The van der Waals surface area contributed by atoms with Crippen LogP contribution in [0, 0.1) is 17.1 Å². The van der Waals surface area contributed by atoms with Crippen molar-refractivity contribution >= 4 is 40.0 Å². The zero-order valence-electron chi connectivity index (χ0n) is 25.0. The van der Waals surface area contributed by atoms with E-state index < -0.39 is 18.0 Å². The van der Waals surface area contributed by atoms with Crippen LogP contribution in [0.5, 0.6) is 6.01 Å². The van der Waals surface area contributed by atoms with E-state index >= 15 is 0 Å². The summed E-state index contributed by atoms with van der Waals surface area (Å²) in [6, 6.07) is 11.6. The van der Waals surface area contributed by atoms with Crippen LogP contribution in [0.3, 0.4) is 0 Å². The Balaban J connectivity index is 1.35. The van der Waals surface area contributed by atoms with Gasteiger partial charge in [0.2, 0.25) is 0 Å². The van der Waals surface area contributed by atoms with Gasteiger partial charge in [-0.3, -0.25) is 4.90 Å². The van der Waals surface area contributed by atoms with Crippen LogP contribution < -0.4 is 14.5 Å². The first kappa shape index (κ1) is 30.2. The monoisotopic (exact) mass is 621 g/mol. The van der Waals surface area contributed by atoms with Gasteiger partial charge in [0.15, 0.2) is 0 Å². The third-order valence-electron chi connectivity index (χ3n) is 9.12. The number of amides is 1. The van der Waals surface area contributed by atoms with Gasteiger partial charge in [-0.1, -0.05) is 29.8 Å². The van der Waals surface area contributed by atoms with E-state index in [0.29, 0.717) is 50.6 Å². The molecule has 2 fully saturated rings. The summed E-state index contributed by atoms with van der Waals surface area (Å²) >= 11 is 6.49. The molecule has 2 saturated heterocycles. The molecule has 1 N–H and O–H groups in total.